The van der Waals surface area contributed by atoms with E-state index in [4.69, 9.17) is 21.4 Å². The number of ether oxygens (including phenoxy) is 1. The summed E-state index contributed by atoms with van der Waals surface area (Å²) in [7, 11) is 1.58. The van der Waals surface area contributed by atoms with Crippen LogP contribution in [-0.2, 0) is 4.79 Å². The number of benzene rings is 1. The molecule has 1 aromatic rings. The maximum Gasteiger partial charge on any atom is 0.308 e. The van der Waals surface area contributed by atoms with Crippen molar-refractivity contribution in [3.8, 4) is 5.75 Å². The molecule has 0 aliphatic rings. The fraction of sp³-hybridized carbons (Fsp3) is 0.462. The second-order valence-corrected chi connectivity index (χ2v) is 4.53. The third kappa shape index (κ3) is 3.53. The summed E-state index contributed by atoms with van der Waals surface area (Å²) in [5, 5.41) is 9.57. The smallest absolute Gasteiger partial charge is 0.308 e. The third-order valence-corrected chi connectivity index (χ3v) is 3.01. The Kier molecular flexibility index (Phi) is 5.28. The maximum absolute atomic E-state index is 10.9. The lowest BCUT2D eigenvalue weighted by molar-refractivity contribution is -0.140. The molecule has 0 aliphatic heterocycles. The van der Waals surface area contributed by atoms with Gasteiger partial charge in [-0.25, -0.2) is 0 Å². The number of carboxylic acid groups (broad SMARTS) is 1. The first-order chi connectivity index (χ1) is 8.49. The van der Waals surface area contributed by atoms with E-state index in [2.05, 4.69) is 0 Å². The minimum Gasteiger partial charge on any atom is -0.495 e. The summed E-state index contributed by atoms with van der Waals surface area (Å²) in [5.74, 6) is -0.568. The van der Waals surface area contributed by atoms with Gasteiger partial charge >= 0.3 is 5.97 Å². The first-order valence-electron chi connectivity index (χ1n) is 5.80. The molecular formula is C13H18ClNO3. The Balaban J connectivity index is 3.00. The molecule has 0 bridgehead atoms. The zero-order valence-electron chi connectivity index (χ0n) is 10.8. The molecule has 1 atom stereocenters. The first-order valence-corrected chi connectivity index (χ1v) is 6.18. The van der Waals surface area contributed by atoms with Gasteiger partial charge in [-0.3, -0.25) is 4.79 Å². The number of hydrogen-bond donors (Lipinski definition) is 1. The molecule has 1 aromatic carbocycles. The Labute approximate surface area is 112 Å². The van der Waals surface area contributed by atoms with Crippen molar-refractivity contribution < 1.29 is 14.6 Å². The molecule has 0 fully saturated rings. The van der Waals surface area contributed by atoms with E-state index in [-0.39, 0.29) is 0 Å². The molecule has 1 unspecified atom stereocenters. The summed E-state index contributed by atoms with van der Waals surface area (Å²) < 4.78 is 5.28. The highest BCUT2D eigenvalue weighted by Crippen LogP contribution is 2.31. The minimum absolute atomic E-state index is 0.419. The number of carboxylic acids is 1. The van der Waals surface area contributed by atoms with Gasteiger partial charge in [-0.1, -0.05) is 18.5 Å². The Morgan fingerprint density at radius 3 is 2.72 bits per heavy atom. The van der Waals surface area contributed by atoms with E-state index in [0.29, 0.717) is 23.9 Å². The summed E-state index contributed by atoms with van der Waals surface area (Å²) in [6.45, 7) is 4.76. The van der Waals surface area contributed by atoms with Crippen LogP contribution in [0.15, 0.2) is 18.2 Å². The van der Waals surface area contributed by atoms with Crippen LogP contribution in [0, 0.1) is 5.92 Å². The first kappa shape index (κ1) is 14.6. The van der Waals surface area contributed by atoms with Crippen molar-refractivity contribution in [2.45, 2.75) is 13.8 Å². The van der Waals surface area contributed by atoms with Crippen molar-refractivity contribution in [3.63, 3.8) is 0 Å². The van der Waals surface area contributed by atoms with Gasteiger partial charge in [0.1, 0.15) is 5.75 Å². The minimum atomic E-state index is -0.811. The second kappa shape index (κ2) is 6.50. The Bertz CT molecular complexity index is 423. The Morgan fingerprint density at radius 1 is 1.56 bits per heavy atom. The topological polar surface area (TPSA) is 49.8 Å². The molecule has 4 nitrogen and oxygen atoms in total. The van der Waals surface area contributed by atoms with E-state index < -0.39 is 11.9 Å². The average Bonchev–Trinajstić information content (AvgIpc) is 2.35. The molecule has 100 valence electrons. The molecule has 0 amide bonds. The number of rotatable bonds is 6. The molecule has 0 saturated heterocycles. The monoisotopic (exact) mass is 271 g/mol. The molecule has 0 radical (unpaired) electrons. The second-order valence-electron chi connectivity index (χ2n) is 4.09. The fourth-order valence-electron chi connectivity index (χ4n) is 1.72. The van der Waals surface area contributed by atoms with E-state index >= 15 is 0 Å². The van der Waals surface area contributed by atoms with Crippen molar-refractivity contribution in [3.05, 3.63) is 23.2 Å². The number of halogens is 1. The van der Waals surface area contributed by atoms with Crippen LogP contribution in [0.5, 0.6) is 5.75 Å². The van der Waals surface area contributed by atoms with Gasteiger partial charge in [-0.15, -0.1) is 0 Å². The van der Waals surface area contributed by atoms with Crippen molar-refractivity contribution in [1.29, 1.82) is 0 Å². The van der Waals surface area contributed by atoms with Gasteiger partial charge in [-0.05, 0) is 25.1 Å². The molecule has 0 heterocycles. The van der Waals surface area contributed by atoms with Crippen LogP contribution in [-0.4, -0.2) is 31.3 Å². The van der Waals surface area contributed by atoms with Crippen molar-refractivity contribution in [1.82, 2.24) is 0 Å². The molecule has 18 heavy (non-hydrogen) atoms. The summed E-state index contributed by atoms with van der Waals surface area (Å²) in [6.07, 6.45) is 0. The molecule has 0 spiro atoms. The summed E-state index contributed by atoms with van der Waals surface area (Å²) >= 11 is 5.98. The van der Waals surface area contributed by atoms with Crippen LogP contribution in [0.1, 0.15) is 13.8 Å². The number of nitrogens with zero attached hydrogens (tertiary/aromatic N) is 1. The molecule has 5 heteroatoms. The quantitative estimate of drug-likeness (QED) is 0.864. The predicted octanol–water partition coefficient (Wildman–Crippen LogP) is 2.90. The lowest BCUT2D eigenvalue weighted by Crippen LogP contribution is -2.31. The van der Waals surface area contributed by atoms with Crippen LogP contribution in [0.4, 0.5) is 5.69 Å². The highest BCUT2D eigenvalue weighted by atomic mass is 35.5. The van der Waals surface area contributed by atoms with E-state index in [9.17, 15) is 4.79 Å². The normalized spacial score (nSPS) is 12.0. The number of hydrogen-bond acceptors (Lipinski definition) is 3. The fourth-order valence-corrected chi connectivity index (χ4v) is 1.88. The number of carbonyl (C=O) groups is 1. The van der Waals surface area contributed by atoms with Crippen molar-refractivity contribution in [2.75, 3.05) is 25.1 Å². The van der Waals surface area contributed by atoms with E-state index in [1.165, 1.54) is 0 Å². The predicted molar refractivity (Wildman–Crippen MR) is 72.7 cm³/mol. The largest absolute Gasteiger partial charge is 0.495 e. The summed E-state index contributed by atoms with van der Waals surface area (Å²) in [5.41, 5.74) is 0.820. The highest BCUT2D eigenvalue weighted by Gasteiger charge is 2.18. The van der Waals surface area contributed by atoms with Crippen LogP contribution in [0.2, 0.25) is 5.02 Å². The highest BCUT2D eigenvalue weighted by molar-refractivity contribution is 6.30. The Hall–Kier alpha value is -1.42. The average molecular weight is 272 g/mol. The van der Waals surface area contributed by atoms with Gasteiger partial charge in [0.25, 0.3) is 0 Å². The Morgan fingerprint density at radius 2 is 2.22 bits per heavy atom. The van der Waals surface area contributed by atoms with E-state index in [0.717, 1.165) is 5.69 Å². The van der Waals surface area contributed by atoms with Gasteiger partial charge in [0.15, 0.2) is 0 Å². The molecule has 1 rings (SSSR count). The van der Waals surface area contributed by atoms with E-state index in [1.54, 1.807) is 32.2 Å². The lowest BCUT2D eigenvalue weighted by atomic mass is 10.1. The zero-order valence-corrected chi connectivity index (χ0v) is 11.6. The number of anilines is 1. The van der Waals surface area contributed by atoms with Crippen LogP contribution >= 0.6 is 11.6 Å². The van der Waals surface area contributed by atoms with Crippen LogP contribution in [0.25, 0.3) is 0 Å². The zero-order chi connectivity index (χ0) is 13.7. The third-order valence-electron chi connectivity index (χ3n) is 2.78. The summed E-state index contributed by atoms with van der Waals surface area (Å²) in [6, 6.07) is 5.32. The van der Waals surface area contributed by atoms with Gasteiger partial charge in [-0.2, -0.15) is 0 Å². The van der Waals surface area contributed by atoms with Crippen molar-refractivity contribution in [2.24, 2.45) is 5.92 Å². The standard InChI is InChI=1S/C13H18ClNO3/c1-4-15(8-9(2)13(16)17)11-7-10(14)5-6-12(11)18-3/h5-7,9H,4,8H2,1-3H3,(H,16,17). The van der Waals surface area contributed by atoms with Gasteiger partial charge in [0.05, 0.1) is 18.7 Å². The molecule has 0 saturated carbocycles. The maximum atomic E-state index is 10.9. The van der Waals surface area contributed by atoms with Gasteiger partial charge in [0.2, 0.25) is 0 Å². The molecule has 1 N–H and O–H groups in total. The van der Waals surface area contributed by atoms with E-state index in [1.807, 2.05) is 11.8 Å². The number of aliphatic carboxylic acids is 1. The number of methoxy groups -OCH3 is 1. The molecular weight excluding hydrogens is 254 g/mol. The van der Waals surface area contributed by atoms with Gasteiger partial charge in [0, 0.05) is 18.1 Å². The van der Waals surface area contributed by atoms with Crippen LogP contribution < -0.4 is 9.64 Å². The molecule has 0 aromatic heterocycles. The van der Waals surface area contributed by atoms with Gasteiger partial charge < -0.3 is 14.7 Å². The van der Waals surface area contributed by atoms with Crippen LogP contribution in [0.3, 0.4) is 0 Å². The van der Waals surface area contributed by atoms with Crippen molar-refractivity contribution >= 4 is 23.3 Å². The summed E-state index contributed by atoms with van der Waals surface area (Å²) in [4.78, 5) is 12.9. The SMILES string of the molecule is CCN(CC(C)C(=O)O)c1cc(Cl)ccc1OC. The lowest BCUT2D eigenvalue weighted by Gasteiger charge is -2.26. The molecule has 0 aliphatic carbocycles.